The molecule has 5 nitrogen and oxygen atoms in total. The van der Waals surface area contributed by atoms with E-state index in [1.165, 1.54) is 0 Å². The third-order valence-electron chi connectivity index (χ3n) is 3.07. The van der Waals surface area contributed by atoms with Gasteiger partial charge in [-0.15, -0.1) is 0 Å². The predicted molar refractivity (Wildman–Crippen MR) is 61.0 cm³/mol. The van der Waals surface area contributed by atoms with Crippen molar-refractivity contribution in [2.24, 2.45) is 0 Å². The molecule has 1 aromatic rings. The number of rotatable bonds is 1. The summed E-state index contributed by atoms with van der Waals surface area (Å²) in [6.07, 6.45) is 1.72. The zero-order valence-corrected chi connectivity index (χ0v) is 10.3. The van der Waals surface area contributed by atoms with E-state index in [4.69, 9.17) is 21.1 Å². The van der Waals surface area contributed by atoms with Crippen LogP contribution >= 0.6 is 23.3 Å². The summed E-state index contributed by atoms with van der Waals surface area (Å²) in [5, 5.41) is 0.495. The number of anilines is 1. The predicted octanol–water partition coefficient (Wildman–Crippen LogP) is 1.53. The molecule has 2 saturated heterocycles. The topological polar surface area (TPSA) is 47.5 Å². The molecule has 3 rings (SSSR count). The molecule has 0 bridgehead atoms. The lowest BCUT2D eigenvalue weighted by Crippen LogP contribution is -2.45. The Labute approximate surface area is 103 Å². The van der Waals surface area contributed by atoms with Crippen LogP contribution in [0.25, 0.3) is 0 Å². The van der Waals surface area contributed by atoms with Gasteiger partial charge in [0.15, 0.2) is 16.8 Å². The molecule has 7 heteroatoms. The number of hydrogen-bond acceptors (Lipinski definition) is 6. The van der Waals surface area contributed by atoms with Crippen LogP contribution in [0.5, 0.6) is 0 Å². The van der Waals surface area contributed by atoms with Crippen LogP contribution in [0.4, 0.5) is 5.82 Å². The van der Waals surface area contributed by atoms with Gasteiger partial charge in [0.2, 0.25) is 0 Å². The second-order valence-electron chi connectivity index (χ2n) is 3.97. The van der Waals surface area contributed by atoms with Crippen molar-refractivity contribution >= 4 is 29.1 Å². The van der Waals surface area contributed by atoms with Crippen LogP contribution in [0.3, 0.4) is 0 Å². The van der Waals surface area contributed by atoms with E-state index in [9.17, 15) is 0 Å². The molecule has 0 amide bonds. The van der Waals surface area contributed by atoms with E-state index >= 15 is 0 Å². The van der Waals surface area contributed by atoms with Crippen LogP contribution in [-0.4, -0.2) is 40.8 Å². The minimum atomic E-state index is -0.341. The van der Waals surface area contributed by atoms with Gasteiger partial charge in [-0.05, 0) is 0 Å². The Morgan fingerprint density at radius 1 is 1.19 bits per heavy atom. The zero-order valence-electron chi connectivity index (χ0n) is 8.69. The van der Waals surface area contributed by atoms with Gasteiger partial charge < -0.3 is 14.4 Å². The van der Waals surface area contributed by atoms with Gasteiger partial charge in [-0.2, -0.15) is 8.75 Å². The van der Waals surface area contributed by atoms with Crippen molar-refractivity contribution in [2.45, 2.75) is 18.6 Å². The van der Waals surface area contributed by atoms with E-state index in [-0.39, 0.29) is 5.79 Å². The zero-order chi connectivity index (χ0) is 11.0. The average Bonchev–Trinajstić information content (AvgIpc) is 2.90. The fourth-order valence-corrected chi connectivity index (χ4v) is 2.98. The summed E-state index contributed by atoms with van der Waals surface area (Å²) in [6, 6.07) is 0. The first-order chi connectivity index (χ1) is 7.79. The summed E-state index contributed by atoms with van der Waals surface area (Å²) < 4.78 is 19.5. The third kappa shape index (κ3) is 1.79. The summed E-state index contributed by atoms with van der Waals surface area (Å²) in [4.78, 5) is 2.14. The van der Waals surface area contributed by atoms with Gasteiger partial charge in [0.1, 0.15) is 0 Å². The molecule has 0 saturated carbocycles. The average molecular weight is 262 g/mol. The number of ether oxygens (including phenoxy) is 2. The Morgan fingerprint density at radius 2 is 1.88 bits per heavy atom. The minimum absolute atomic E-state index is 0.341. The van der Waals surface area contributed by atoms with E-state index < -0.39 is 0 Å². The molecule has 0 N–H and O–H groups in total. The Kier molecular flexibility index (Phi) is 2.75. The second-order valence-corrected chi connectivity index (χ2v) is 4.86. The van der Waals surface area contributed by atoms with Crippen LogP contribution in [0, 0.1) is 0 Å². The van der Waals surface area contributed by atoms with Crippen LogP contribution in [0.15, 0.2) is 0 Å². The third-order valence-corrected chi connectivity index (χ3v) is 3.94. The van der Waals surface area contributed by atoms with Crippen molar-refractivity contribution in [2.75, 3.05) is 31.2 Å². The molecule has 2 fully saturated rings. The number of halogens is 1. The molecular formula is C9H12ClN3O2S. The normalized spacial score (nSPS) is 24.2. The van der Waals surface area contributed by atoms with Crippen LogP contribution in [0.2, 0.25) is 5.15 Å². The van der Waals surface area contributed by atoms with E-state index in [1.54, 1.807) is 0 Å². The number of aromatic nitrogens is 2. The Hall–Kier alpha value is -0.430. The highest BCUT2D eigenvalue weighted by Gasteiger charge is 2.40. The first-order valence-electron chi connectivity index (χ1n) is 5.30. The van der Waals surface area contributed by atoms with Crippen LogP contribution < -0.4 is 4.90 Å². The highest BCUT2D eigenvalue weighted by Crippen LogP contribution is 2.34. The van der Waals surface area contributed by atoms with E-state index in [0.29, 0.717) is 18.4 Å². The van der Waals surface area contributed by atoms with Crippen LogP contribution in [-0.2, 0) is 9.47 Å². The maximum atomic E-state index is 5.96. The van der Waals surface area contributed by atoms with Gasteiger partial charge >= 0.3 is 0 Å². The Balaban J connectivity index is 1.68. The first-order valence-corrected chi connectivity index (χ1v) is 6.41. The fraction of sp³-hybridized carbons (Fsp3) is 0.778. The van der Waals surface area contributed by atoms with Gasteiger partial charge in [0, 0.05) is 25.9 Å². The highest BCUT2D eigenvalue weighted by atomic mass is 35.5. The molecule has 0 atom stereocenters. The maximum absolute atomic E-state index is 5.96. The molecule has 16 heavy (non-hydrogen) atoms. The summed E-state index contributed by atoms with van der Waals surface area (Å²) in [5.41, 5.74) is 0. The minimum Gasteiger partial charge on any atom is -0.353 e. The molecule has 0 unspecified atom stereocenters. The fourth-order valence-electron chi connectivity index (χ4n) is 2.21. The van der Waals surface area contributed by atoms with E-state index in [1.807, 2.05) is 0 Å². The van der Waals surface area contributed by atoms with Gasteiger partial charge in [-0.3, -0.25) is 0 Å². The molecule has 88 valence electrons. The van der Waals surface area contributed by atoms with E-state index in [0.717, 1.165) is 43.5 Å². The van der Waals surface area contributed by atoms with Crippen molar-refractivity contribution in [3.05, 3.63) is 5.15 Å². The second kappa shape index (κ2) is 4.10. The lowest BCUT2D eigenvalue weighted by Gasteiger charge is -2.37. The van der Waals surface area contributed by atoms with Gasteiger partial charge in [-0.25, -0.2) is 0 Å². The molecule has 1 aromatic heterocycles. The smallest absolute Gasteiger partial charge is 0.187 e. The summed E-state index contributed by atoms with van der Waals surface area (Å²) in [6.45, 7) is 3.12. The largest absolute Gasteiger partial charge is 0.353 e. The van der Waals surface area contributed by atoms with Crippen LogP contribution in [0.1, 0.15) is 12.8 Å². The molecule has 0 aromatic carbocycles. The standard InChI is InChI=1S/C9H12ClN3O2S/c10-7-8(12-16-11-7)13-3-1-9(2-4-13)14-5-6-15-9/h1-6H2. The molecule has 0 radical (unpaired) electrons. The van der Waals surface area contributed by atoms with Crippen molar-refractivity contribution < 1.29 is 9.47 Å². The summed E-state index contributed by atoms with van der Waals surface area (Å²) >= 11 is 7.10. The molecule has 3 heterocycles. The van der Waals surface area contributed by atoms with Crippen molar-refractivity contribution in [1.82, 2.24) is 8.75 Å². The van der Waals surface area contributed by atoms with Crippen molar-refractivity contribution in [3.8, 4) is 0 Å². The Morgan fingerprint density at radius 3 is 2.44 bits per heavy atom. The lowest BCUT2D eigenvalue weighted by molar-refractivity contribution is -0.169. The molecule has 2 aliphatic heterocycles. The Bertz CT molecular complexity index is 371. The van der Waals surface area contributed by atoms with E-state index in [2.05, 4.69) is 13.6 Å². The molecule has 0 aliphatic carbocycles. The summed E-state index contributed by atoms with van der Waals surface area (Å²) in [7, 11) is 0. The van der Waals surface area contributed by atoms with Crippen molar-refractivity contribution in [3.63, 3.8) is 0 Å². The molecule has 1 spiro atoms. The van der Waals surface area contributed by atoms with Gasteiger partial charge in [-0.1, -0.05) is 11.6 Å². The van der Waals surface area contributed by atoms with Crippen molar-refractivity contribution in [1.29, 1.82) is 0 Å². The highest BCUT2D eigenvalue weighted by molar-refractivity contribution is 6.99. The quantitative estimate of drug-likeness (QED) is 0.767. The maximum Gasteiger partial charge on any atom is 0.187 e. The SMILES string of the molecule is Clc1nsnc1N1CCC2(CC1)OCCO2. The van der Waals surface area contributed by atoms with Gasteiger partial charge in [0.25, 0.3) is 0 Å². The summed E-state index contributed by atoms with van der Waals surface area (Å²) in [5.74, 6) is 0.450. The number of hydrogen-bond donors (Lipinski definition) is 0. The monoisotopic (exact) mass is 261 g/mol. The molecular weight excluding hydrogens is 250 g/mol. The molecule has 2 aliphatic rings. The lowest BCUT2D eigenvalue weighted by atomic mass is 10.0. The number of piperidine rings is 1. The number of nitrogens with zero attached hydrogens (tertiary/aromatic N) is 3. The van der Waals surface area contributed by atoms with Gasteiger partial charge in [0.05, 0.1) is 24.9 Å². The first kappa shape index (κ1) is 10.7.